The van der Waals surface area contributed by atoms with E-state index in [4.69, 9.17) is 23.2 Å². The SMILES string of the molecule is Cc1ccc(N=C2SC(C(=O)Nc3cc(Cl)cc(Cl)c3)CC(=O)N2C)cc1C. The zero-order valence-corrected chi connectivity index (χ0v) is 18.0. The molecule has 0 aromatic heterocycles. The van der Waals surface area contributed by atoms with Gasteiger partial charge in [0, 0.05) is 29.2 Å². The van der Waals surface area contributed by atoms with Crippen LogP contribution in [-0.2, 0) is 9.59 Å². The number of thioether (sulfide) groups is 1. The van der Waals surface area contributed by atoms with Gasteiger partial charge in [-0.25, -0.2) is 4.99 Å². The van der Waals surface area contributed by atoms with Gasteiger partial charge in [0.05, 0.1) is 5.69 Å². The van der Waals surface area contributed by atoms with Gasteiger partial charge in [0.2, 0.25) is 11.8 Å². The highest BCUT2D eigenvalue weighted by Gasteiger charge is 2.34. The van der Waals surface area contributed by atoms with Gasteiger partial charge < -0.3 is 5.32 Å². The summed E-state index contributed by atoms with van der Waals surface area (Å²) in [5, 5.41) is 3.52. The Hall–Kier alpha value is -2.02. The van der Waals surface area contributed by atoms with E-state index in [2.05, 4.69) is 10.3 Å². The van der Waals surface area contributed by atoms with Crippen molar-refractivity contribution in [3.05, 3.63) is 57.6 Å². The molecule has 1 aliphatic rings. The van der Waals surface area contributed by atoms with Crippen LogP contribution in [0.5, 0.6) is 0 Å². The normalized spacial score (nSPS) is 18.5. The van der Waals surface area contributed by atoms with Gasteiger partial charge in [0.15, 0.2) is 5.17 Å². The van der Waals surface area contributed by atoms with Crippen LogP contribution in [0.25, 0.3) is 0 Å². The number of amides is 2. The molecule has 0 saturated carbocycles. The first-order valence-electron chi connectivity index (χ1n) is 8.59. The predicted octanol–water partition coefficient (Wildman–Crippen LogP) is 5.20. The number of aliphatic imine (C=N–C) groups is 1. The zero-order valence-electron chi connectivity index (χ0n) is 15.6. The second kappa shape index (κ2) is 8.55. The number of nitrogens with one attached hydrogen (secondary N) is 1. The molecule has 5 nitrogen and oxygen atoms in total. The Morgan fingerprint density at radius 3 is 2.46 bits per heavy atom. The lowest BCUT2D eigenvalue weighted by atomic mass is 10.1. The van der Waals surface area contributed by atoms with E-state index in [1.54, 1.807) is 25.2 Å². The van der Waals surface area contributed by atoms with E-state index in [0.29, 0.717) is 20.9 Å². The van der Waals surface area contributed by atoms with Gasteiger partial charge in [-0.15, -0.1) is 0 Å². The monoisotopic (exact) mass is 435 g/mol. The quantitative estimate of drug-likeness (QED) is 0.720. The maximum absolute atomic E-state index is 12.7. The highest BCUT2D eigenvalue weighted by Crippen LogP contribution is 2.30. The summed E-state index contributed by atoms with van der Waals surface area (Å²) < 4.78 is 0. The Morgan fingerprint density at radius 1 is 1.14 bits per heavy atom. The minimum absolute atomic E-state index is 0.0905. The number of hydrogen-bond acceptors (Lipinski definition) is 4. The fourth-order valence-electron chi connectivity index (χ4n) is 2.65. The lowest BCUT2D eigenvalue weighted by Crippen LogP contribution is -2.43. The second-order valence-corrected chi connectivity index (χ2v) is 8.62. The molecule has 0 radical (unpaired) electrons. The van der Waals surface area contributed by atoms with Crippen LogP contribution >= 0.6 is 35.0 Å². The zero-order chi connectivity index (χ0) is 20.4. The molecule has 1 unspecified atom stereocenters. The molecule has 0 aliphatic carbocycles. The van der Waals surface area contributed by atoms with E-state index >= 15 is 0 Å². The molecule has 0 spiro atoms. The van der Waals surface area contributed by atoms with Crippen molar-refractivity contribution < 1.29 is 9.59 Å². The van der Waals surface area contributed by atoms with Crippen LogP contribution < -0.4 is 5.32 Å². The number of rotatable bonds is 3. The maximum atomic E-state index is 12.7. The predicted molar refractivity (Wildman–Crippen MR) is 117 cm³/mol. The molecular formula is C20H19Cl2N3O2S. The second-order valence-electron chi connectivity index (χ2n) is 6.57. The molecule has 8 heteroatoms. The molecule has 2 amide bonds. The van der Waals surface area contributed by atoms with E-state index in [-0.39, 0.29) is 18.2 Å². The van der Waals surface area contributed by atoms with Crippen LogP contribution in [0.15, 0.2) is 41.4 Å². The average molecular weight is 436 g/mol. The molecule has 1 heterocycles. The van der Waals surface area contributed by atoms with Crippen molar-refractivity contribution in [2.75, 3.05) is 12.4 Å². The van der Waals surface area contributed by atoms with Crippen molar-refractivity contribution in [3.63, 3.8) is 0 Å². The lowest BCUT2D eigenvalue weighted by molar-refractivity contribution is -0.128. The van der Waals surface area contributed by atoms with Gasteiger partial charge >= 0.3 is 0 Å². The lowest BCUT2D eigenvalue weighted by Gasteiger charge is -2.28. The molecule has 1 atom stereocenters. The third-order valence-corrected chi connectivity index (χ3v) is 6.08. The molecule has 28 heavy (non-hydrogen) atoms. The molecule has 146 valence electrons. The first-order chi connectivity index (χ1) is 13.2. The smallest absolute Gasteiger partial charge is 0.238 e. The number of carbonyl (C=O) groups is 2. The number of amidine groups is 1. The standard InChI is InChI=1S/C20H19Cl2N3O2S/c1-11-4-5-15(6-12(11)2)24-20-25(3)18(26)10-17(28-20)19(27)23-16-8-13(21)7-14(22)9-16/h4-9,17H,10H2,1-3H3,(H,23,27). The topological polar surface area (TPSA) is 61.8 Å². The maximum Gasteiger partial charge on any atom is 0.238 e. The number of benzene rings is 2. The Balaban J connectivity index is 1.81. The summed E-state index contributed by atoms with van der Waals surface area (Å²) >= 11 is 13.2. The van der Waals surface area contributed by atoms with Gasteiger partial charge in [-0.2, -0.15) is 0 Å². The van der Waals surface area contributed by atoms with Gasteiger partial charge in [0.1, 0.15) is 5.25 Å². The Labute approximate surface area is 178 Å². The molecule has 2 aromatic carbocycles. The fourth-order valence-corrected chi connectivity index (χ4v) is 4.24. The minimum atomic E-state index is -0.591. The van der Waals surface area contributed by atoms with Crippen LogP contribution in [0.1, 0.15) is 17.5 Å². The number of nitrogens with zero attached hydrogens (tertiary/aromatic N) is 2. The highest BCUT2D eigenvalue weighted by molar-refractivity contribution is 8.15. The third kappa shape index (κ3) is 4.87. The molecule has 1 aliphatic heterocycles. The van der Waals surface area contributed by atoms with Crippen molar-refractivity contribution >= 4 is 63.3 Å². The van der Waals surface area contributed by atoms with Crippen LogP contribution in [0.3, 0.4) is 0 Å². The Kier molecular flexibility index (Phi) is 6.33. The van der Waals surface area contributed by atoms with Crippen LogP contribution in [0, 0.1) is 13.8 Å². The molecule has 0 bridgehead atoms. The van der Waals surface area contributed by atoms with E-state index in [1.807, 2.05) is 32.0 Å². The largest absolute Gasteiger partial charge is 0.325 e. The molecule has 1 N–H and O–H groups in total. The molecular weight excluding hydrogens is 417 g/mol. The summed E-state index contributed by atoms with van der Waals surface area (Å²) in [5.41, 5.74) is 3.51. The number of carbonyl (C=O) groups excluding carboxylic acids is 2. The van der Waals surface area contributed by atoms with Gasteiger partial charge in [-0.3, -0.25) is 14.5 Å². The first kappa shape index (κ1) is 20.7. The molecule has 3 rings (SSSR count). The Bertz CT molecular complexity index is 958. The van der Waals surface area contributed by atoms with Crippen molar-refractivity contribution in [2.45, 2.75) is 25.5 Å². The summed E-state index contributed by atoms with van der Waals surface area (Å²) in [5.74, 6) is -0.455. The summed E-state index contributed by atoms with van der Waals surface area (Å²) in [6.45, 7) is 4.04. The van der Waals surface area contributed by atoms with E-state index in [1.165, 1.54) is 22.2 Å². The highest BCUT2D eigenvalue weighted by atomic mass is 35.5. The summed E-state index contributed by atoms with van der Waals surface area (Å²) in [6.07, 6.45) is 0.0905. The van der Waals surface area contributed by atoms with Crippen LogP contribution in [-0.4, -0.2) is 34.2 Å². The number of halogens is 2. The van der Waals surface area contributed by atoms with Crippen LogP contribution in [0.2, 0.25) is 10.0 Å². The van der Waals surface area contributed by atoms with Gasteiger partial charge in [-0.05, 0) is 55.3 Å². The molecule has 1 fully saturated rings. The molecule has 2 aromatic rings. The molecule has 1 saturated heterocycles. The number of anilines is 1. The van der Waals surface area contributed by atoms with E-state index in [0.717, 1.165) is 11.3 Å². The van der Waals surface area contributed by atoms with Gasteiger partial charge in [0.25, 0.3) is 0 Å². The van der Waals surface area contributed by atoms with E-state index < -0.39 is 5.25 Å². The summed E-state index contributed by atoms with van der Waals surface area (Å²) in [4.78, 5) is 31.2. The number of aryl methyl sites for hydroxylation is 2. The first-order valence-corrected chi connectivity index (χ1v) is 10.2. The Morgan fingerprint density at radius 2 is 1.82 bits per heavy atom. The minimum Gasteiger partial charge on any atom is -0.325 e. The fraction of sp³-hybridized carbons (Fsp3) is 0.250. The van der Waals surface area contributed by atoms with Crippen LogP contribution in [0.4, 0.5) is 11.4 Å². The van der Waals surface area contributed by atoms with Crippen molar-refractivity contribution in [1.29, 1.82) is 0 Å². The third-order valence-electron chi connectivity index (χ3n) is 4.41. The summed E-state index contributed by atoms with van der Waals surface area (Å²) in [6, 6.07) is 10.6. The van der Waals surface area contributed by atoms with Crippen molar-refractivity contribution in [2.24, 2.45) is 4.99 Å². The summed E-state index contributed by atoms with van der Waals surface area (Å²) in [7, 11) is 1.67. The van der Waals surface area contributed by atoms with Crippen molar-refractivity contribution in [1.82, 2.24) is 4.90 Å². The van der Waals surface area contributed by atoms with Gasteiger partial charge in [-0.1, -0.05) is 41.0 Å². The number of hydrogen-bond donors (Lipinski definition) is 1. The van der Waals surface area contributed by atoms with E-state index in [9.17, 15) is 9.59 Å². The average Bonchev–Trinajstić information content (AvgIpc) is 2.61. The van der Waals surface area contributed by atoms with Crippen molar-refractivity contribution in [3.8, 4) is 0 Å².